The van der Waals surface area contributed by atoms with Gasteiger partial charge in [-0.15, -0.1) is 0 Å². The number of hydrogen-bond acceptors (Lipinski definition) is 2. The molecule has 5 heteroatoms. The molecule has 0 fully saturated rings. The normalized spacial score (nSPS) is 12.1. The Morgan fingerprint density at radius 2 is 2.17 bits per heavy atom. The molecular formula is C13H14ClN3O. The number of hydrogen-bond donors (Lipinski definition) is 3. The number of aromatic amines is 1. The van der Waals surface area contributed by atoms with Gasteiger partial charge < -0.3 is 16.0 Å². The summed E-state index contributed by atoms with van der Waals surface area (Å²) in [5.74, 6) is -0.209. The number of amides is 1. The molecule has 94 valence electrons. The van der Waals surface area contributed by atoms with Crippen LogP contribution in [0, 0.1) is 0 Å². The molecule has 1 aromatic heterocycles. The fraction of sp³-hybridized carbons (Fsp3) is 0.154. The summed E-state index contributed by atoms with van der Waals surface area (Å²) >= 11 is 6.07. The Balaban J connectivity index is 2.10. The fourth-order valence-electron chi connectivity index (χ4n) is 1.72. The first-order valence-electron chi connectivity index (χ1n) is 5.57. The van der Waals surface area contributed by atoms with E-state index in [1.54, 1.807) is 18.3 Å². The lowest BCUT2D eigenvalue weighted by Gasteiger charge is -2.15. The van der Waals surface area contributed by atoms with Crippen molar-refractivity contribution in [2.45, 2.75) is 13.0 Å². The zero-order valence-electron chi connectivity index (χ0n) is 9.91. The van der Waals surface area contributed by atoms with Gasteiger partial charge in [-0.25, -0.2) is 0 Å². The molecule has 0 saturated heterocycles. The summed E-state index contributed by atoms with van der Waals surface area (Å²) in [5, 5.41) is 3.49. The monoisotopic (exact) mass is 263 g/mol. The number of nitrogens with one attached hydrogen (secondary N) is 2. The third-order valence-corrected chi connectivity index (χ3v) is 3.01. The average Bonchev–Trinajstić information content (AvgIpc) is 2.76. The van der Waals surface area contributed by atoms with E-state index in [1.165, 1.54) is 0 Å². The number of rotatable bonds is 3. The number of nitrogens with two attached hydrogens (primary N) is 1. The van der Waals surface area contributed by atoms with E-state index in [4.69, 9.17) is 17.3 Å². The van der Waals surface area contributed by atoms with Crippen LogP contribution in [0.2, 0.25) is 5.02 Å². The number of carbonyl (C=O) groups excluding carboxylic acids is 1. The highest BCUT2D eigenvalue weighted by Gasteiger charge is 2.14. The molecule has 1 aromatic carbocycles. The lowest BCUT2D eigenvalue weighted by molar-refractivity contribution is 0.0935. The molecule has 0 radical (unpaired) electrons. The molecule has 1 atom stereocenters. The third-order valence-electron chi connectivity index (χ3n) is 2.67. The smallest absolute Gasteiger partial charge is 0.268 e. The highest BCUT2D eigenvalue weighted by atomic mass is 35.5. The molecule has 0 spiro atoms. The minimum atomic E-state index is -0.209. The Morgan fingerprint density at radius 3 is 2.78 bits per heavy atom. The Hall–Kier alpha value is -1.94. The van der Waals surface area contributed by atoms with Gasteiger partial charge in [-0.2, -0.15) is 0 Å². The van der Waals surface area contributed by atoms with Gasteiger partial charge in [-0.3, -0.25) is 4.79 Å². The molecule has 0 aliphatic heterocycles. The van der Waals surface area contributed by atoms with Gasteiger partial charge in [0.1, 0.15) is 5.69 Å². The molecule has 1 heterocycles. The number of nitrogen functional groups attached to an aromatic ring is 1. The molecule has 4 nitrogen and oxygen atoms in total. The van der Waals surface area contributed by atoms with Crippen LogP contribution in [0.1, 0.15) is 29.0 Å². The van der Waals surface area contributed by atoms with Crippen molar-refractivity contribution in [2.75, 3.05) is 5.73 Å². The number of aromatic nitrogens is 1. The van der Waals surface area contributed by atoms with Crippen LogP contribution in [-0.4, -0.2) is 10.9 Å². The van der Waals surface area contributed by atoms with Crippen LogP contribution in [0.15, 0.2) is 36.5 Å². The largest absolute Gasteiger partial charge is 0.397 e. The second-order valence-electron chi connectivity index (χ2n) is 4.06. The van der Waals surface area contributed by atoms with Gasteiger partial charge in [0.2, 0.25) is 0 Å². The van der Waals surface area contributed by atoms with E-state index in [2.05, 4.69) is 10.3 Å². The van der Waals surface area contributed by atoms with Crippen molar-refractivity contribution in [3.05, 3.63) is 52.8 Å². The van der Waals surface area contributed by atoms with E-state index < -0.39 is 0 Å². The molecule has 18 heavy (non-hydrogen) atoms. The molecule has 0 aliphatic carbocycles. The second-order valence-corrected chi connectivity index (χ2v) is 4.47. The van der Waals surface area contributed by atoms with E-state index >= 15 is 0 Å². The first kappa shape index (κ1) is 12.5. The number of benzene rings is 1. The zero-order valence-corrected chi connectivity index (χ0v) is 10.7. The van der Waals surface area contributed by atoms with E-state index in [0.717, 1.165) is 5.56 Å². The van der Waals surface area contributed by atoms with Crippen LogP contribution in [0.25, 0.3) is 0 Å². The minimum absolute atomic E-state index is 0.171. The van der Waals surface area contributed by atoms with Crippen molar-refractivity contribution in [3.63, 3.8) is 0 Å². The molecule has 4 N–H and O–H groups in total. The molecule has 0 bridgehead atoms. The van der Waals surface area contributed by atoms with Crippen LogP contribution in [0.4, 0.5) is 5.69 Å². The Morgan fingerprint density at radius 1 is 1.44 bits per heavy atom. The number of H-pyrrole nitrogens is 1. The Bertz CT molecular complexity index is 565. The standard InChI is InChI=1S/C13H14ClN3O/c1-8(10-4-2-3-5-11(10)14)17-13(18)12-6-9(15)7-16-12/h2-8,16H,15H2,1H3,(H,17,18). The summed E-state index contributed by atoms with van der Waals surface area (Å²) in [4.78, 5) is 14.7. The SMILES string of the molecule is CC(NC(=O)c1cc(N)c[nH]1)c1ccccc1Cl. The minimum Gasteiger partial charge on any atom is -0.397 e. The van der Waals surface area contributed by atoms with E-state index in [1.807, 2.05) is 25.1 Å². The van der Waals surface area contributed by atoms with Gasteiger partial charge in [0.05, 0.1) is 6.04 Å². The van der Waals surface area contributed by atoms with Crippen molar-refractivity contribution in [3.8, 4) is 0 Å². The number of carbonyl (C=O) groups is 1. The van der Waals surface area contributed by atoms with E-state index in [0.29, 0.717) is 16.4 Å². The predicted octanol–water partition coefficient (Wildman–Crippen LogP) is 2.74. The quantitative estimate of drug-likeness (QED) is 0.797. The predicted molar refractivity (Wildman–Crippen MR) is 72.5 cm³/mol. The van der Waals surface area contributed by atoms with Crippen molar-refractivity contribution < 1.29 is 4.79 Å². The van der Waals surface area contributed by atoms with E-state index in [-0.39, 0.29) is 11.9 Å². The lowest BCUT2D eigenvalue weighted by Crippen LogP contribution is -2.27. The fourth-order valence-corrected chi connectivity index (χ4v) is 2.02. The summed E-state index contributed by atoms with van der Waals surface area (Å²) in [6.07, 6.45) is 1.58. The third kappa shape index (κ3) is 2.65. The summed E-state index contributed by atoms with van der Waals surface area (Å²) in [6.45, 7) is 1.88. The van der Waals surface area contributed by atoms with Gasteiger partial charge in [0, 0.05) is 16.9 Å². The van der Waals surface area contributed by atoms with E-state index in [9.17, 15) is 4.79 Å². The summed E-state index contributed by atoms with van der Waals surface area (Å²) in [6, 6.07) is 8.84. The van der Waals surface area contributed by atoms with Crippen LogP contribution in [0.5, 0.6) is 0 Å². The highest BCUT2D eigenvalue weighted by Crippen LogP contribution is 2.22. The lowest BCUT2D eigenvalue weighted by atomic mass is 10.1. The van der Waals surface area contributed by atoms with Gasteiger partial charge in [-0.05, 0) is 24.6 Å². The Kier molecular flexibility index (Phi) is 3.58. The van der Waals surface area contributed by atoms with Gasteiger partial charge in [-0.1, -0.05) is 29.8 Å². The first-order valence-corrected chi connectivity index (χ1v) is 5.95. The zero-order chi connectivity index (χ0) is 13.1. The van der Waals surface area contributed by atoms with Crippen molar-refractivity contribution >= 4 is 23.2 Å². The van der Waals surface area contributed by atoms with Crippen LogP contribution >= 0.6 is 11.6 Å². The maximum absolute atomic E-state index is 11.9. The number of anilines is 1. The van der Waals surface area contributed by atoms with Gasteiger partial charge in [0.25, 0.3) is 5.91 Å². The average molecular weight is 264 g/mol. The summed E-state index contributed by atoms with van der Waals surface area (Å²) in [5.41, 5.74) is 7.40. The molecule has 1 unspecified atom stereocenters. The van der Waals surface area contributed by atoms with Gasteiger partial charge >= 0.3 is 0 Å². The maximum atomic E-state index is 11.9. The highest BCUT2D eigenvalue weighted by molar-refractivity contribution is 6.31. The maximum Gasteiger partial charge on any atom is 0.268 e. The molecule has 1 amide bonds. The van der Waals surface area contributed by atoms with Crippen molar-refractivity contribution in [1.29, 1.82) is 0 Å². The van der Waals surface area contributed by atoms with Crippen molar-refractivity contribution in [1.82, 2.24) is 10.3 Å². The molecule has 2 aromatic rings. The molecule has 0 saturated carbocycles. The first-order chi connectivity index (χ1) is 8.58. The Labute approximate surface area is 110 Å². The van der Waals surface area contributed by atoms with Crippen LogP contribution in [-0.2, 0) is 0 Å². The summed E-state index contributed by atoms with van der Waals surface area (Å²) < 4.78 is 0. The van der Waals surface area contributed by atoms with Crippen LogP contribution < -0.4 is 11.1 Å². The second kappa shape index (κ2) is 5.14. The van der Waals surface area contributed by atoms with Crippen molar-refractivity contribution in [2.24, 2.45) is 0 Å². The molecular weight excluding hydrogens is 250 g/mol. The molecule has 0 aliphatic rings. The summed E-state index contributed by atoms with van der Waals surface area (Å²) in [7, 11) is 0. The van der Waals surface area contributed by atoms with Gasteiger partial charge in [0.15, 0.2) is 0 Å². The number of halogens is 1. The topological polar surface area (TPSA) is 70.9 Å². The van der Waals surface area contributed by atoms with Crippen LogP contribution in [0.3, 0.4) is 0 Å². The molecule has 2 rings (SSSR count).